The smallest absolute Gasteiger partial charge is 0.315 e. The molecular formula is C11H21F3N2S. The largest absolute Gasteiger partial charge is 0.441 e. The Hall–Kier alpha value is 0.0600. The molecule has 1 heterocycles. The second-order valence-corrected chi connectivity index (χ2v) is 6.24. The maximum Gasteiger partial charge on any atom is 0.441 e. The van der Waals surface area contributed by atoms with E-state index in [0.717, 1.165) is 32.5 Å². The monoisotopic (exact) mass is 270 g/mol. The minimum absolute atomic E-state index is 0.0487. The molecule has 0 amide bonds. The van der Waals surface area contributed by atoms with Crippen molar-refractivity contribution in [2.45, 2.75) is 25.3 Å². The molecule has 0 aromatic rings. The molecule has 1 rings (SSSR count). The highest BCUT2D eigenvalue weighted by molar-refractivity contribution is 8.00. The molecule has 0 spiro atoms. The van der Waals surface area contributed by atoms with Crippen LogP contribution in [0.5, 0.6) is 0 Å². The molecule has 0 aromatic heterocycles. The molecule has 0 unspecified atom stereocenters. The Balaban J connectivity index is 2.10. The van der Waals surface area contributed by atoms with E-state index in [9.17, 15) is 13.2 Å². The zero-order chi connectivity index (χ0) is 12.9. The fourth-order valence-electron chi connectivity index (χ4n) is 1.96. The van der Waals surface area contributed by atoms with Gasteiger partial charge < -0.3 is 10.2 Å². The van der Waals surface area contributed by atoms with Crippen LogP contribution in [-0.4, -0.2) is 49.4 Å². The normalized spacial score (nSPS) is 21.7. The predicted molar refractivity (Wildman–Crippen MR) is 66.2 cm³/mol. The molecule has 0 radical (unpaired) electrons. The molecule has 1 aliphatic rings. The Morgan fingerprint density at radius 2 is 1.88 bits per heavy atom. The fraction of sp³-hybridized carbons (Fsp3) is 1.00. The minimum atomic E-state index is -4.10. The lowest BCUT2D eigenvalue weighted by Crippen LogP contribution is -2.42. The first-order valence-corrected chi connectivity index (χ1v) is 6.89. The van der Waals surface area contributed by atoms with Crippen LogP contribution in [0.3, 0.4) is 0 Å². The first-order chi connectivity index (χ1) is 7.81. The summed E-state index contributed by atoms with van der Waals surface area (Å²) in [6, 6.07) is 0. The molecule has 0 aliphatic carbocycles. The van der Waals surface area contributed by atoms with Crippen molar-refractivity contribution in [3.63, 3.8) is 0 Å². The fourth-order valence-corrected chi connectivity index (χ4v) is 2.44. The summed E-state index contributed by atoms with van der Waals surface area (Å²) in [5.41, 5.74) is -3.85. The van der Waals surface area contributed by atoms with Crippen LogP contribution in [0.4, 0.5) is 13.2 Å². The van der Waals surface area contributed by atoms with Crippen LogP contribution in [0.2, 0.25) is 0 Å². The van der Waals surface area contributed by atoms with Gasteiger partial charge in [-0.1, -0.05) is 6.92 Å². The van der Waals surface area contributed by atoms with E-state index >= 15 is 0 Å². The number of nitrogens with zero attached hydrogens (tertiary/aromatic N) is 1. The van der Waals surface area contributed by atoms with Gasteiger partial charge in [-0.05, 0) is 50.2 Å². The third kappa shape index (κ3) is 6.52. The van der Waals surface area contributed by atoms with Crippen LogP contribution >= 0.6 is 11.8 Å². The van der Waals surface area contributed by atoms with Gasteiger partial charge in [0.1, 0.15) is 0 Å². The van der Waals surface area contributed by atoms with E-state index in [1.807, 2.05) is 0 Å². The van der Waals surface area contributed by atoms with Crippen LogP contribution < -0.4 is 5.32 Å². The first kappa shape index (κ1) is 15.1. The van der Waals surface area contributed by atoms with Gasteiger partial charge in [0.25, 0.3) is 0 Å². The standard InChI is InChI=1S/C11H21F3N2S/c1-10(3-6-16(2)7-4-10)9-15-5-8-17-11(12,13)14/h15H,3-9H2,1-2H3. The molecule has 17 heavy (non-hydrogen) atoms. The van der Waals surface area contributed by atoms with Crippen molar-refractivity contribution in [1.29, 1.82) is 0 Å². The first-order valence-electron chi connectivity index (χ1n) is 5.91. The van der Waals surface area contributed by atoms with E-state index in [1.54, 1.807) is 0 Å². The van der Waals surface area contributed by atoms with E-state index in [4.69, 9.17) is 0 Å². The minimum Gasteiger partial charge on any atom is -0.315 e. The topological polar surface area (TPSA) is 15.3 Å². The Labute approximate surface area is 105 Å². The Morgan fingerprint density at radius 1 is 1.29 bits per heavy atom. The summed E-state index contributed by atoms with van der Waals surface area (Å²) in [6.45, 7) is 5.61. The summed E-state index contributed by atoms with van der Waals surface area (Å²) in [5.74, 6) is 0.0967. The number of hydrogen-bond acceptors (Lipinski definition) is 3. The van der Waals surface area contributed by atoms with Gasteiger partial charge in [-0.25, -0.2) is 0 Å². The van der Waals surface area contributed by atoms with E-state index in [1.165, 1.54) is 0 Å². The molecule has 1 N–H and O–H groups in total. The lowest BCUT2D eigenvalue weighted by molar-refractivity contribution is -0.0327. The Kier molecular flexibility index (Phi) is 5.60. The highest BCUT2D eigenvalue weighted by Gasteiger charge is 2.29. The third-order valence-electron chi connectivity index (χ3n) is 3.29. The molecule has 0 saturated carbocycles. The van der Waals surface area contributed by atoms with Crippen LogP contribution in [0.1, 0.15) is 19.8 Å². The number of piperidine rings is 1. The highest BCUT2D eigenvalue weighted by Crippen LogP contribution is 2.30. The molecule has 1 aliphatic heterocycles. The number of hydrogen-bond donors (Lipinski definition) is 1. The van der Waals surface area contributed by atoms with Crippen molar-refractivity contribution in [1.82, 2.24) is 10.2 Å². The van der Waals surface area contributed by atoms with Gasteiger partial charge >= 0.3 is 5.51 Å². The predicted octanol–water partition coefficient (Wildman–Crippen LogP) is 2.56. The maximum atomic E-state index is 11.9. The lowest BCUT2D eigenvalue weighted by atomic mass is 9.80. The van der Waals surface area contributed by atoms with Gasteiger partial charge in [0.15, 0.2) is 0 Å². The number of halogens is 3. The number of likely N-dealkylation sites (tertiary alicyclic amines) is 1. The van der Waals surface area contributed by atoms with Crippen molar-refractivity contribution in [3.05, 3.63) is 0 Å². The molecular weight excluding hydrogens is 249 g/mol. The molecule has 102 valence electrons. The molecule has 6 heteroatoms. The highest BCUT2D eigenvalue weighted by atomic mass is 32.2. The molecule has 2 nitrogen and oxygen atoms in total. The summed E-state index contributed by atoms with van der Waals surface area (Å²) in [7, 11) is 2.10. The molecule has 1 fully saturated rings. The van der Waals surface area contributed by atoms with Crippen molar-refractivity contribution < 1.29 is 13.2 Å². The third-order valence-corrected chi connectivity index (χ3v) is 4.03. The van der Waals surface area contributed by atoms with E-state index < -0.39 is 5.51 Å². The number of nitrogens with one attached hydrogen (secondary N) is 1. The second-order valence-electron chi connectivity index (χ2n) is 5.08. The molecule has 0 atom stereocenters. The van der Waals surface area contributed by atoms with Crippen molar-refractivity contribution in [2.75, 3.05) is 39.0 Å². The maximum absolute atomic E-state index is 11.9. The van der Waals surface area contributed by atoms with Crippen LogP contribution in [-0.2, 0) is 0 Å². The van der Waals surface area contributed by atoms with Gasteiger partial charge in [-0.2, -0.15) is 13.2 Å². The molecule has 1 saturated heterocycles. The zero-order valence-electron chi connectivity index (χ0n) is 10.4. The van der Waals surface area contributed by atoms with E-state index in [0.29, 0.717) is 6.54 Å². The quantitative estimate of drug-likeness (QED) is 0.773. The summed E-state index contributed by atoms with van der Waals surface area (Å²) in [6.07, 6.45) is 2.23. The van der Waals surface area contributed by atoms with Crippen LogP contribution in [0.25, 0.3) is 0 Å². The average Bonchev–Trinajstić information content (AvgIpc) is 2.21. The van der Waals surface area contributed by atoms with Gasteiger partial charge in [0.2, 0.25) is 0 Å². The average molecular weight is 270 g/mol. The van der Waals surface area contributed by atoms with Crippen molar-refractivity contribution >= 4 is 11.8 Å². The lowest BCUT2D eigenvalue weighted by Gasteiger charge is -2.38. The van der Waals surface area contributed by atoms with Crippen LogP contribution in [0, 0.1) is 5.41 Å². The van der Waals surface area contributed by atoms with Crippen molar-refractivity contribution in [2.24, 2.45) is 5.41 Å². The molecule has 0 bridgehead atoms. The Morgan fingerprint density at radius 3 is 2.41 bits per heavy atom. The second kappa shape index (κ2) is 6.29. The van der Waals surface area contributed by atoms with Crippen molar-refractivity contribution in [3.8, 4) is 0 Å². The Bertz CT molecular complexity index is 225. The summed E-state index contributed by atoms with van der Waals surface area (Å²) >= 11 is 0.0487. The summed E-state index contributed by atoms with van der Waals surface area (Å²) in [4.78, 5) is 2.29. The SMILES string of the molecule is CN1CCC(C)(CNCCSC(F)(F)F)CC1. The molecule has 0 aromatic carbocycles. The van der Waals surface area contributed by atoms with Gasteiger partial charge in [0.05, 0.1) is 0 Å². The summed E-state index contributed by atoms with van der Waals surface area (Å²) in [5, 5.41) is 3.14. The zero-order valence-corrected chi connectivity index (χ0v) is 11.3. The summed E-state index contributed by atoms with van der Waals surface area (Å²) < 4.78 is 35.7. The number of alkyl halides is 3. The van der Waals surface area contributed by atoms with E-state index in [2.05, 4.69) is 24.2 Å². The van der Waals surface area contributed by atoms with E-state index in [-0.39, 0.29) is 22.9 Å². The van der Waals surface area contributed by atoms with Gasteiger partial charge in [0, 0.05) is 18.8 Å². The number of thioether (sulfide) groups is 1. The number of rotatable bonds is 5. The van der Waals surface area contributed by atoms with Crippen LogP contribution in [0.15, 0.2) is 0 Å². The van der Waals surface area contributed by atoms with Gasteiger partial charge in [-0.3, -0.25) is 0 Å². The van der Waals surface area contributed by atoms with Gasteiger partial charge in [-0.15, -0.1) is 0 Å².